The summed E-state index contributed by atoms with van der Waals surface area (Å²) in [6.07, 6.45) is 3.27. The third-order valence-electron chi connectivity index (χ3n) is 3.02. The van der Waals surface area contributed by atoms with Crippen molar-refractivity contribution < 1.29 is 4.79 Å². The van der Waals surface area contributed by atoms with Gasteiger partial charge < -0.3 is 5.73 Å². The van der Waals surface area contributed by atoms with Gasteiger partial charge in [-0.25, -0.2) is 0 Å². The van der Waals surface area contributed by atoms with Gasteiger partial charge in [-0.1, -0.05) is 36.4 Å². The van der Waals surface area contributed by atoms with Crippen molar-refractivity contribution in [1.29, 1.82) is 0 Å². The van der Waals surface area contributed by atoms with Crippen LogP contribution in [0.3, 0.4) is 0 Å². The van der Waals surface area contributed by atoms with Crippen molar-refractivity contribution in [2.75, 3.05) is 5.73 Å². The fourth-order valence-corrected chi connectivity index (χ4v) is 1.97. The number of hydrogen-bond acceptors (Lipinski definition) is 4. The predicted molar refractivity (Wildman–Crippen MR) is 78.1 cm³/mol. The maximum atomic E-state index is 12.2. The Kier molecular flexibility index (Phi) is 3.01. The van der Waals surface area contributed by atoms with Crippen molar-refractivity contribution in [3.63, 3.8) is 0 Å². The van der Waals surface area contributed by atoms with Gasteiger partial charge in [-0.05, 0) is 23.8 Å². The Morgan fingerprint density at radius 1 is 1.10 bits per heavy atom. The number of carbonyl (C=O) groups excluding carboxylic acids is 1. The van der Waals surface area contributed by atoms with Crippen LogP contribution < -0.4 is 5.73 Å². The van der Waals surface area contributed by atoms with Crippen molar-refractivity contribution in [3.8, 4) is 0 Å². The average molecular weight is 264 g/mol. The number of H-pyrrole nitrogens is 1. The number of nitrogens with one attached hydrogen (secondary N) is 1. The molecular weight excluding hydrogens is 252 g/mol. The Balaban J connectivity index is 1.93. The van der Waals surface area contributed by atoms with E-state index in [2.05, 4.69) is 15.4 Å². The molecule has 0 unspecified atom stereocenters. The van der Waals surface area contributed by atoms with Gasteiger partial charge >= 0.3 is 0 Å². The molecule has 0 saturated carbocycles. The zero-order valence-corrected chi connectivity index (χ0v) is 10.6. The first-order chi connectivity index (χ1) is 9.75. The first-order valence-corrected chi connectivity index (χ1v) is 6.12. The first kappa shape index (κ1) is 12.1. The lowest BCUT2D eigenvalue weighted by molar-refractivity contribution is 0.104. The van der Waals surface area contributed by atoms with Crippen molar-refractivity contribution in [1.82, 2.24) is 15.4 Å². The molecule has 0 spiro atoms. The van der Waals surface area contributed by atoms with E-state index in [-0.39, 0.29) is 5.78 Å². The van der Waals surface area contributed by atoms with E-state index < -0.39 is 0 Å². The summed E-state index contributed by atoms with van der Waals surface area (Å²) in [5.41, 5.74) is 8.85. The highest BCUT2D eigenvalue weighted by molar-refractivity contribution is 6.13. The van der Waals surface area contributed by atoms with E-state index >= 15 is 0 Å². The Labute approximate surface area is 115 Å². The number of nitrogens with two attached hydrogens (primary N) is 1. The number of hydrogen-bond donors (Lipinski definition) is 2. The standard InChI is InChI=1S/C15H12N4O/c16-14-11(7-8-12-15(14)18-19-17-12)13(20)9-6-10-4-2-1-3-5-10/h1-9H,16H2,(H,17,18,19). The van der Waals surface area contributed by atoms with Crippen molar-refractivity contribution in [2.24, 2.45) is 0 Å². The van der Waals surface area contributed by atoms with Gasteiger partial charge in [-0.3, -0.25) is 4.79 Å². The second-order valence-corrected chi connectivity index (χ2v) is 4.33. The monoisotopic (exact) mass is 264 g/mol. The largest absolute Gasteiger partial charge is 0.396 e. The van der Waals surface area contributed by atoms with Gasteiger partial charge in [0.15, 0.2) is 5.78 Å². The van der Waals surface area contributed by atoms with Gasteiger partial charge in [-0.2, -0.15) is 15.4 Å². The minimum absolute atomic E-state index is 0.156. The SMILES string of the molecule is Nc1c(C(=O)C=Cc2ccccc2)ccc2n[nH]nc12. The third kappa shape index (κ3) is 2.16. The molecule has 3 rings (SSSR count). The average Bonchev–Trinajstić information content (AvgIpc) is 2.96. The van der Waals surface area contributed by atoms with E-state index in [9.17, 15) is 4.79 Å². The van der Waals surface area contributed by atoms with Crippen LogP contribution in [0.1, 0.15) is 15.9 Å². The first-order valence-electron chi connectivity index (χ1n) is 6.12. The fraction of sp³-hybridized carbons (Fsp3) is 0. The molecule has 0 amide bonds. The van der Waals surface area contributed by atoms with Gasteiger partial charge in [0.1, 0.15) is 11.0 Å². The molecule has 0 saturated heterocycles. The fourth-order valence-electron chi connectivity index (χ4n) is 1.97. The molecular formula is C15H12N4O. The number of nitrogen functional groups attached to an aromatic ring is 1. The minimum atomic E-state index is -0.156. The summed E-state index contributed by atoms with van der Waals surface area (Å²) in [5, 5.41) is 10.4. The Bertz CT molecular complexity index is 790. The zero-order valence-electron chi connectivity index (χ0n) is 10.6. The molecule has 98 valence electrons. The van der Waals surface area contributed by atoms with Crippen LogP contribution in [0.15, 0.2) is 48.5 Å². The van der Waals surface area contributed by atoms with E-state index in [1.807, 2.05) is 30.3 Å². The predicted octanol–water partition coefficient (Wildman–Crippen LogP) is 2.44. The quantitative estimate of drug-likeness (QED) is 0.432. The second kappa shape index (κ2) is 4.97. The van der Waals surface area contributed by atoms with E-state index in [4.69, 9.17) is 5.73 Å². The van der Waals surface area contributed by atoms with Crippen LogP contribution >= 0.6 is 0 Å². The molecule has 0 aliphatic rings. The van der Waals surface area contributed by atoms with Gasteiger partial charge in [0.2, 0.25) is 0 Å². The Hall–Kier alpha value is -2.95. The summed E-state index contributed by atoms with van der Waals surface area (Å²) < 4.78 is 0. The van der Waals surface area contributed by atoms with E-state index in [1.165, 1.54) is 6.08 Å². The van der Waals surface area contributed by atoms with Crippen LogP contribution in [-0.2, 0) is 0 Å². The van der Waals surface area contributed by atoms with Crippen molar-refractivity contribution >= 4 is 28.6 Å². The molecule has 1 heterocycles. The van der Waals surface area contributed by atoms with Gasteiger partial charge in [-0.15, -0.1) is 0 Å². The second-order valence-electron chi connectivity index (χ2n) is 4.33. The summed E-state index contributed by atoms with van der Waals surface area (Å²) in [4.78, 5) is 12.2. The molecule has 20 heavy (non-hydrogen) atoms. The van der Waals surface area contributed by atoms with Gasteiger partial charge in [0, 0.05) is 5.56 Å². The molecule has 5 heteroatoms. The van der Waals surface area contributed by atoms with E-state index in [0.29, 0.717) is 22.3 Å². The molecule has 0 fully saturated rings. The molecule has 0 atom stereocenters. The van der Waals surface area contributed by atoms with Crippen LogP contribution in [0.4, 0.5) is 5.69 Å². The lowest BCUT2D eigenvalue weighted by atomic mass is 10.1. The van der Waals surface area contributed by atoms with Crippen molar-refractivity contribution in [3.05, 3.63) is 59.7 Å². The molecule has 3 N–H and O–H groups in total. The summed E-state index contributed by atoms with van der Waals surface area (Å²) >= 11 is 0. The number of aromatic nitrogens is 3. The highest BCUT2D eigenvalue weighted by Crippen LogP contribution is 2.22. The third-order valence-corrected chi connectivity index (χ3v) is 3.02. The molecule has 0 aliphatic carbocycles. The lowest BCUT2D eigenvalue weighted by Gasteiger charge is -2.01. The summed E-state index contributed by atoms with van der Waals surface area (Å²) in [5.74, 6) is -0.156. The van der Waals surface area contributed by atoms with Crippen LogP contribution in [0.5, 0.6) is 0 Å². The number of fused-ring (bicyclic) bond motifs is 1. The Morgan fingerprint density at radius 2 is 1.90 bits per heavy atom. The number of aromatic amines is 1. The number of anilines is 1. The summed E-state index contributed by atoms with van der Waals surface area (Å²) in [6, 6.07) is 13.0. The maximum Gasteiger partial charge on any atom is 0.188 e. The number of allylic oxidation sites excluding steroid dienone is 1. The van der Waals surface area contributed by atoms with Gasteiger partial charge in [0.05, 0.1) is 5.69 Å². The molecule has 1 aromatic heterocycles. The number of carbonyl (C=O) groups is 1. The van der Waals surface area contributed by atoms with Crippen LogP contribution in [0, 0.1) is 0 Å². The highest BCUT2D eigenvalue weighted by atomic mass is 16.1. The zero-order chi connectivity index (χ0) is 13.9. The lowest BCUT2D eigenvalue weighted by Crippen LogP contribution is -2.01. The maximum absolute atomic E-state index is 12.2. The van der Waals surface area contributed by atoms with Gasteiger partial charge in [0.25, 0.3) is 0 Å². The minimum Gasteiger partial charge on any atom is -0.396 e. The summed E-state index contributed by atoms with van der Waals surface area (Å²) in [7, 11) is 0. The summed E-state index contributed by atoms with van der Waals surface area (Å²) in [6.45, 7) is 0. The molecule has 0 aliphatic heterocycles. The van der Waals surface area contributed by atoms with Crippen LogP contribution in [0.2, 0.25) is 0 Å². The van der Waals surface area contributed by atoms with Crippen LogP contribution in [-0.4, -0.2) is 21.2 Å². The Morgan fingerprint density at radius 3 is 2.70 bits per heavy atom. The van der Waals surface area contributed by atoms with E-state index in [0.717, 1.165) is 5.56 Å². The van der Waals surface area contributed by atoms with E-state index in [1.54, 1.807) is 18.2 Å². The van der Waals surface area contributed by atoms with Crippen molar-refractivity contribution in [2.45, 2.75) is 0 Å². The smallest absolute Gasteiger partial charge is 0.188 e. The number of nitrogens with zero attached hydrogens (tertiary/aromatic N) is 2. The normalized spacial score (nSPS) is 11.2. The number of benzene rings is 2. The molecule has 0 bridgehead atoms. The molecule has 5 nitrogen and oxygen atoms in total. The number of ketones is 1. The highest BCUT2D eigenvalue weighted by Gasteiger charge is 2.12. The molecule has 2 aromatic carbocycles. The van der Waals surface area contributed by atoms with Crippen LogP contribution in [0.25, 0.3) is 17.1 Å². The number of rotatable bonds is 3. The topological polar surface area (TPSA) is 84.7 Å². The molecule has 3 aromatic rings. The molecule has 0 radical (unpaired) electrons.